The van der Waals surface area contributed by atoms with E-state index in [4.69, 9.17) is 9.26 Å². The maximum atomic E-state index is 11.5. The highest BCUT2D eigenvalue weighted by molar-refractivity contribution is 5.59. The smallest absolute Gasteiger partial charge is 0.251 e. The monoisotopic (exact) mass is 235 g/mol. The maximum absolute atomic E-state index is 11.5. The van der Waals surface area contributed by atoms with Crippen molar-refractivity contribution in [1.82, 2.24) is 15.1 Å². The van der Waals surface area contributed by atoms with Crippen LogP contribution in [0.4, 0.5) is 0 Å². The van der Waals surface area contributed by atoms with E-state index in [2.05, 4.69) is 15.1 Å². The van der Waals surface area contributed by atoms with Crippen LogP contribution in [0.25, 0.3) is 11.4 Å². The third-order valence-electron chi connectivity index (χ3n) is 2.36. The maximum Gasteiger partial charge on any atom is 0.251 e. The van der Waals surface area contributed by atoms with Crippen LogP contribution in [0.15, 0.2) is 15.4 Å². The Balaban J connectivity index is 2.56. The molecule has 0 unspecified atom stereocenters. The van der Waals surface area contributed by atoms with Gasteiger partial charge in [0.25, 0.3) is 5.56 Å². The molecule has 0 amide bonds. The number of ether oxygens (including phenoxy) is 1. The molecule has 0 bridgehead atoms. The molecule has 2 aromatic heterocycles. The first-order chi connectivity index (χ1) is 8.11. The summed E-state index contributed by atoms with van der Waals surface area (Å²) in [5.74, 6) is 1.08. The van der Waals surface area contributed by atoms with Crippen LogP contribution in [0.2, 0.25) is 0 Å². The van der Waals surface area contributed by atoms with Gasteiger partial charge in [0.15, 0.2) is 0 Å². The molecule has 6 heteroatoms. The van der Waals surface area contributed by atoms with Gasteiger partial charge in [-0.3, -0.25) is 4.79 Å². The number of nitrogens with zero attached hydrogens (tertiary/aromatic N) is 2. The van der Waals surface area contributed by atoms with E-state index in [0.717, 1.165) is 5.56 Å². The minimum absolute atomic E-state index is 0.220. The van der Waals surface area contributed by atoms with Gasteiger partial charge in [0.2, 0.25) is 0 Å². The summed E-state index contributed by atoms with van der Waals surface area (Å²) in [6.45, 7) is 3.87. The van der Waals surface area contributed by atoms with Crippen LogP contribution >= 0.6 is 0 Å². The molecule has 0 saturated carbocycles. The van der Waals surface area contributed by atoms with E-state index in [9.17, 15) is 4.79 Å². The fourth-order valence-electron chi connectivity index (χ4n) is 1.67. The molecule has 0 radical (unpaired) electrons. The standard InChI is InChI=1S/C11H13N3O3/c1-6-10(7(2)17-14-6)11-12-8(5-16-3)4-9(15)13-11/h4H,5H2,1-3H3,(H,12,13,15). The van der Waals surface area contributed by atoms with Gasteiger partial charge in [-0.05, 0) is 13.8 Å². The summed E-state index contributed by atoms with van der Waals surface area (Å²) < 4.78 is 10.0. The average Bonchev–Trinajstić information content (AvgIpc) is 2.58. The molecule has 0 aliphatic rings. The Hall–Kier alpha value is -1.95. The van der Waals surface area contributed by atoms with E-state index in [1.807, 2.05) is 0 Å². The normalized spacial score (nSPS) is 10.8. The van der Waals surface area contributed by atoms with E-state index >= 15 is 0 Å². The van der Waals surface area contributed by atoms with Crippen molar-refractivity contribution in [3.8, 4) is 11.4 Å². The fraction of sp³-hybridized carbons (Fsp3) is 0.364. The number of hydrogen-bond donors (Lipinski definition) is 1. The number of aromatic nitrogens is 3. The zero-order valence-electron chi connectivity index (χ0n) is 9.90. The molecule has 2 rings (SSSR count). The third kappa shape index (κ3) is 2.26. The Morgan fingerprint density at radius 1 is 1.47 bits per heavy atom. The van der Waals surface area contributed by atoms with Gasteiger partial charge in [-0.2, -0.15) is 0 Å². The summed E-state index contributed by atoms with van der Waals surface area (Å²) in [5.41, 5.74) is 1.77. The number of hydrogen-bond acceptors (Lipinski definition) is 5. The van der Waals surface area contributed by atoms with Crippen molar-refractivity contribution in [1.29, 1.82) is 0 Å². The van der Waals surface area contributed by atoms with Crippen LogP contribution < -0.4 is 5.56 Å². The van der Waals surface area contributed by atoms with Gasteiger partial charge in [0.05, 0.1) is 23.6 Å². The first-order valence-corrected chi connectivity index (χ1v) is 5.14. The van der Waals surface area contributed by atoms with Crippen molar-refractivity contribution >= 4 is 0 Å². The van der Waals surface area contributed by atoms with Gasteiger partial charge in [-0.25, -0.2) is 4.98 Å². The lowest BCUT2D eigenvalue weighted by molar-refractivity contribution is 0.181. The lowest BCUT2D eigenvalue weighted by Crippen LogP contribution is -2.11. The lowest BCUT2D eigenvalue weighted by Gasteiger charge is -2.02. The molecule has 2 aromatic rings. The highest BCUT2D eigenvalue weighted by Gasteiger charge is 2.14. The van der Waals surface area contributed by atoms with Crippen molar-refractivity contribution in [2.24, 2.45) is 0 Å². The topological polar surface area (TPSA) is 81.0 Å². The minimum Gasteiger partial charge on any atom is -0.378 e. The number of nitrogens with one attached hydrogen (secondary N) is 1. The van der Waals surface area contributed by atoms with E-state index < -0.39 is 0 Å². The molecular formula is C11H13N3O3. The molecule has 0 atom stereocenters. The van der Waals surface area contributed by atoms with Crippen LogP contribution in [0.3, 0.4) is 0 Å². The summed E-state index contributed by atoms with van der Waals surface area (Å²) in [7, 11) is 1.55. The molecule has 17 heavy (non-hydrogen) atoms. The molecular weight excluding hydrogens is 222 g/mol. The van der Waals surface area contributed by atoms with Crippen molar-refractivity contribution < 1.29 is 9.26 Å². The Labute approximate surface area is 97.6 Å². The van der Waals surface area contributed by atoms with Gasteiger partial charge in [-0.1, -0.05) is 5.16 Å². The molecule has 0 fully saturated rings. The molecule has 0 aliphatic heterocycles. The van der Waals surface area contributed by atoms with E-state index in [1.165, 1.54) is 6.07 Å². The van der Waals surface area contributed by atoms with E-state index in [0.29, 0.717) is 29.6 Å². The van der Waals surface area contributed by atoms with E-state index in [1.54, 1.807) is 21.0 Å². The Bertz CT molecular complexity index is 566. The quantitative estimate of drug-likeness (QED) is 0.864. The number of H-pyrrole nitrogens is 1. The molecule has 6 nitrogen and oxygen atoms in total. The SMILES string of the molecule is COCc1cc(=O)[nH]c(-c2c(C)noc2C)n1. The average molecular weight is 235 g/mol. The first-order valence-electron chi connectivity index (χ1n) is 5.14. The first kappa shape index (κ1) is 11.5. The molecule has 0 saturated heterocycles. The Kier molecular flexibility index (Phi) is 3.06. The molecule has 0 spiro atoms. The number of rotatable bonds is 3. The minimum atomic E-state index is -0.220. The molecule has 2 heterocycles. The number of aromatic amines is 1. The van der Waals surface area contributed by atoms with Crippen LogP contribution in [0, 0.1) is 13.8 Å². The second kappa shape index (κ2) is 4.50. The van der Waals surface area contributed by atoms with Crippen molar-refractivity contribution in [3.05, 3.63) is 33.6 Å². The summed E-state index contributed by atoms with van der Waals surface area (Å²) >= 11 is 0. The van der Waals surface area contributed by atoms with Crippen molar-refractivity contribution in [2.75, 3.05) is 7.11 Å². The van der Waals surface area contributed by atoms with Gasteiger partial charge in [-0.15, -0.1) is 0 Å². The van der Waals surface area contributed by atoms with Crippen LogP contribution in [0.1, 0.15) is 17.1 Å². The zero-order valence-corrected chi connectivity index (χ0v) is 9.90. The summed E-state index contributed by atoms with van der Waals surface area (Å²) in [4.78, 5) is 18.5. The third-order valence-corrected chi connectivity index (χ3v) is 2.36. The van der Waals surface area contributed by atoms with Crippen molar-refractivity contribution in [2.45, 2.75) is 20.5 Å². The predicted molar refractivity (Wildman–Crippen MR) is 60.5 cm³/mol. The Morgan fingerprint density at radius 2 is 2.24 bits per heavy atom. The van der Waals surface area contributed by atoms with Crippen LogP contribution in [-0.4, -0.2) is 22.2 Å². The summed E-state index contributed by atoms with van der Waals surface area (Å²) in [6, 6.07) is 1.41. The summed E-state index contributed by atoms with van der Waals surface area (Å²) in [5, 5.41) is 3.83. The zero-order chi connectivity index (χ0) is 12.4. The number of methoxy groups -OCH3 is 1. The lowest BCUT2D eigenvalue weighted by atomic mass is 10.2. The van der Waals surface area contributed by atoms with Gasteiger partial charge in [0.1, 0.15) is 11.6 Å². The molecule has 1 N–H and O–H groups in total. The highest BCUT2D eigenvalue weighted by atomic mass is 16.5. The molecule has 90 valence electrons. The predicted octanol–water partition coefficient (Wildman–Crippen LogP) is 1.19. The van der Waals surface area contributed by atoms with Gasteiger partial charge >= 0.3 is 0 Å². The fourth-order valence-corrected chi connectivity index (χ4v) is 1.67. The Morgan fingerprint density at radius 3 is 2.82 bits per heavy atom. The van der Waals surface area contributed by atoms with E-state index in [-0.39, 0.29) is 5.56 Å². The van der Waals surface area contributed by atoms with Gasteiger partial charge in [0, 0.05) is 13.2 Å². The van der Waals surface area contributed by atoms with Crippen molar-refractivity contribution in [3.63, 3.8) is 0 Å². The second-order valence-electron chi connectivity index (χ2n) is 3.72. The van der Waals surface area contributed by atoms with Gasteiger partial charge < -0.3 is 14.2 Å². The van der Waals surface area contributed by atoms with Crippen LogP contribution in [0.5, 0.6) is 0 Å². The summed E-state index contributed by atoms with van der Waals surface area (Å²) in [6.07, 6.45) is 0. The van der Waals surface area contributed by atoms with Crippen LogP contribution in [-0.2, 0) is 11.3 Å². The highest BCUT2D eigenvalue weighted by Crippen LogP contribution is 2.22. The number of aryl methyl sites for hydroxylation is 2. The molecule has 0 aliphatic carbocycles. The molecule has 0 aromatic carbocycles. The second-order valence-corrected chi connectivity index (χ2v) is 3.72. The largest absolute Gasteiger partial charge is 0.378 e.